The van der Waals surface area contributed by atoms with Gasteiger partial charge in [-0.05, 0) is 81.1 Å². The Bertz CT molecular complexity index is 1680. The van der Waals surface area contributed by atoms with Crippen molar-refractivity contribution < 1.29 is 19.7 Å². The first kappa shape index (κ1) is 28.1. The van der Waals surface area contributed by atoms with Crippen LogP contribution in [0.1, 0.15) is 67.2 Å². The zero-order valence-electron chi connectivity index (χ0n) is 25.3. The highest BCUT2D eigenvalue weighted by atomic mass is 16.5. The fourth-order valence-electron chi connectivity index (χ4n) is 7.03. The summed E-state index contributed by atoms with van der Waals surface area (Å²) in [5.74, 6) is -0.558. The number of hydrogen-bond donors (Lipinski definition) is 3. The Hall–Kier alpha value is -4.04. The third kappa shape index (κ3) is 4.31. The van der Waals surface area contributed by atoms with E-state index in [0.717, 1.165) is 91.1 Å². The van der Waals surface area contributed by atoms with Crippen molar-refractivity contribution in [2.45, 2.75) is 73.3 Å². The van der Waals surface area contributed by atoms with Gasteiger partial charge in [-0.2, -0.15) is 0 Å². The van der Waals surface area contributed by atoms with Crippen LogP contribution in [0.15, 0.2) is 106 Å². The number of aliphatic hydroxyl groups excluding tert-OH is 1. The molecule has 0 aromatic carbocycles. The predicted octanol–water partition coefficient (Wildman–Crippen LogP) is 6.56. The van der Waals surface area contributed by atoms with Crippen LogP contribution in [0, 0.1) is 11.8 Å². The molecule has 8 bridgehead atoms. The number of aliphatic carboxylic acids is 1. The molecule has 42 heavy (non-hydrogen) atoms. The van der Waals surface area contributed by atoms with E-state index in [1.54, 1.807) is 7.11 Å². The molecule has 6 aliphatic rings. The van der Waals surface area contributed by atoms with Crippen LogP contribution in [0.25, 0.3) is 0 Å². The number of carboxylic acids is 1. The van der Waals surface area contributed by atoms with Crippen LogP contribution in [0.4, 0.5) is 0 Å². The van der Waals surface area contributed by atoms with E-state index in [2.05, 4.69) is 45.2 Å². The van der Waals surface area contributed by atoms with Crippen LogP contribution in [0.2, 0.25) is 0 Å². The standard InChI is InChI=1S/C34H38N4O4/c1-8-20-15(2)23-14-28-31(19(6)42-7)17(4)25(36-28)12-24-16(3)21(9-10-30(40)41)33(37-24)22-11-29(39)32-18(5)26(38-34(22)32)13-27(20)35-23/h12-14,16,19,21,37,39H,8-11H2,1-7H3,(H,40,41)/t16?,19?,21-/m0/s1. The summed E-state index contributed by atoms with van der Waals surface area (Å²) in [6.07, 6.45) is 7.75. The van der Waals surface area contributed by atoms with Gasteiger partial charge in [-0.3, -0.25) is 4.79 Å². The van der Waals surface area contributed by atoms with Gasteiger partial charge in [-0.15, -0.1) is 0 Å². The lowest BCUT2D eigenvalue weighted by Crippen LogP contribution is -2.15. The second-order valence-corrected chi connectivity index (χ2v) is 11.8. The zero-order chi connectivity index (χ0) is 30.0. The molecule has 1 aliphatic carbocycles. The first-order valence-corrected chi connectivity index (χ1v) is 14.8. The summed E-state index contributed by atoms with van der Waals surface area (Å²) >= 11 is 0. The second-order valence-electron chi connectivity index (χ2n) is 11.8. The van der Waals surface area contributed by atoms with E-state index in [-0.39, 0.29) is 24.4 Å². The SMILES string of the molecule is CCC1=C(C)C2=NC1=CC1=C(C)C3=C(O)CC(=C4NC(=CC5=NC(=C2)C(C(C)OC)=C5C)C(C)[C@@H]4CCC(=O)O)C3=N1. The van der Waals surface area contributed by atoms with E-state index in [0.29, 0.717) is 18.6 Å². The number of carboxylic acid groups (broad SMARTS) is 1. The van der Waals surface area contributed by atoms with Crippen LogP contribution in [-0.4, -0.2) is 46.5 Å². The van der Waals surface area contributed by atoms with Gasteiger partial charge in [0.2, 0.25) is 0 Å². The molecular formula is C34H38N4O4. The van der Waals surface area contributed by atoms with Crippen LogP contribution < -0.4 is 5.32 Å². The quantitative estimate of drug-likeness (QED) is 0.337. The van der Waals surface area contributed by atoms with Gasteiger partial charge in [0.1, 0.15) is 5.76 Å². The maximum atomic E-state index is 11.6. The van der Waals surface area contributed by atoms with Crippen molar-refractivity contribution in [3.63, 3.8) is 0 Å². The molecule has 3 N–H and O–H groups in total. The lowest BCUT2D eigenvalue weighted by atomic mass is 9.86. The largest absolute Gasteiger partial charge is 0.511 e. The predicted molar refractivity (Wildman–Crippen MR) is 165 cm³/mol. The average Bonchev–Trinajstić information content (AvgIpc) is 3.70. The molecule has 5 heterocycles. The van der Waals surface area contributed by atoms with Gasteiger partial charge in [-0.25, -0.2) is 15.0 Å². The molecule has 0 aromatic heterocycles. The topological polar surface area (TPSA) is 116 Å². The highest BCUT2D eigenvalue weighted by Crippen LogP contribution is 2.46. The maximum Gasteiger partial charge on any atom is 0.303 e. The van der Waals surface area contributed by atoms with Crippen LogP contribution >= 0.6 is 0 Å². The highest BCUT2D eigenvalue weighted by Gasteiger charge is 2.41. The summed E-state index contributed by atoms with van der Waals surface area (Å²) in [5, 5.41) is 24.4. The average molecular weight is 567 g/mol. The van der Waals surface area contributed by atoms with E-state index in [4.69, 9.17) is 19.7 Å². The molecule has 3 atom stereocenters. The molecule has 1 saturated heterocycles. The number of hydrogen-bond acceptors (Lipinski definition) is 7. The molecule has 0 saturated carbocycles. The maximum absolute atomic E-state index is 11.6. The monoisotopic (exact) mass is 566 g/mol. The lowest BCUT2D eigenvalue weighted by molar-refractivity contribution is -0.137. The molecule has 8 nitrogen and oxygen atoms in total. The summed E-state index contributed by atoms with van der Waals surface area (Å²) in [6, 6.07) is 0. The smallest absolute Gasteiger partial charge is 0.303 e. The third-order valence-corrected chi connectivity index (χ3v) is 9.53. The van der Waals surface area contributed by atoms with Crippen molar-refractivity contribution in [1.82, 2.24) is 5.32 Å². The van der Waals surface area contributed by atoms with Gasteiger partial charge in [-0.1, -0.05) is 13.8 Å². The molecule has 5 aliphatic heterocycles. The van der Waals surface area contributed by atoms with Gasteiger partial charge in [0.15, 0.2) is 0 Å². The highest BCUT2D eigenvalue weighted by molar-refractivity contribution is 6.21. The Morgan fingerprint density at radius 3 is 2.48 bits per heavy atom. The van der Waals surface area contributed by atoms with E-state index >= 15 is 0 Å². The third-order valence-electron chi connectivity index (χ3n) is 9.53. The summed E-state index contributed by atoms with van der Waals surface area (Å²) in [5.41, 5.74) is 13.9. The molecule has 1 fully saturated rings. The Morgan fingerprint density at radius 2 is 1.79 bits per heavy atom. The van der Waals surface area contributed by atoms with Gasteiger partial charge in [0.05, 0.1) is 40.3 Å². The van der Waals surface area contributed by atoms with Gasteiger partial charge in [0.25, 0.3) is 0 Å². The van der Waals surface area contributed by atoms with Crippen LogP contribution in [0.5, 0.6) is 0 Å². The number of ether oxygens (including phenoxy) is 1. The van der Waals surface area contributed by atoms with Crippen LogP contribution in [-0.2, 0) is 9.53 Å². The number of aliphatic imine (C=N–C) groups is 3. The summed E-state index contributed by atoms with van der Waals surface area (Å²) in [4.78, 5) is 26.9. The van der Waals surface area contributed by atoms with Crippen LogP contribution in [0.3, 0.4) is 0 Å². The minimum Gasteiger partial charge on any atom is -0.511 e. The minimum atomic E-state index is -0.821. The number of methoxy groups -OCH3 is 1. The van der Waals surface area contributed by atoms with E-state index in [1.165, 1.54) is 0 Å². The van der Waals surface area contributed by atoms with Crippen molar-refractivity contribution >= 4 is 23.1 Å². The van der Waals surface area contributed by atoms with E-state index in [9.17, 15) is 15.0 Å². The molecule has 218 valence electrons. The van der Waals surface area contributed by atoms with Gasteiger partial charge in [0, 0.05) is 59.9 Å². The Morgan fingerprint density at radius 1 is 1.07 bits per heavy atom. The molecule has 0 radical (unpaired) electrons. The van der Waals surface area contributed by atoms with E-state index in [1.807, 2.05) is 19.9 Å². The fraction of sp³-hybridized carbons (Fsp3) is 0.412. The number of aliphatic hydroxyl groups is 1. The molecule has 6 rings (SSSR count). The van der Waals surface area contributed by atoms with Gasteiger partial charge < -0.3 is 20.3 Å². The normalized spacial score (nSPS) is 25.6. The Balaban J connectivity index is 1.62. The Kier molecular flexibility index (Phi) is 6.92. The summed E-state index contributed by atoms with van der Waals surface area (Å²) in [7, 11) is 1.71. The second kappa shape index (κ2) is 10.3. The molecule has 2 unspecified atom stereocenters. The van der Waals surface area contributed by atoms with E-state index < -0.39 is 5.97 Å². The number of rotatable bonds is 6. The molecule has 8 heteroatoms. The van der Waals surface area contributed by atoms with Crippen molar-refractivity contribution in [3.05, 3.63) is 91.5 Å². The minimum absolute atomic E-state index is 0.0240. The number of allylic oxidation sites excluding steroid dienone is 11. The first-order valence-electron chi connectivity index (χ1n) is 14.8. The number of nitrogens with zero attached hydrogens (tertiary/aromatic N) is 3. The fourth-order valence-corrected chi connectivity index (χ4v) is 7.03. The molecule has 0 spiro atoms. The summed E-state index contributed by atoms with van der Waals surface area (Å²) in [6.45, 7) is 12.5. The number of fused-ring (bicyclic) bond motifs is 5. The lowest BCUT2D eigenvalue weighted by Gasteiger charge is -2.17. The molecule has 0 amide bonds. The number of carbonyl (C=O) groups is 1. The Labute approximate surface area is 246 Å². The van der Waals surface area contributed by atoms with Crippen molar-refractivity contribution in [3.8, 4) is 0 Å². The van der Waals surface area contributed by atoms with Crippen molar-refractivity contribution in [1.29, 1.82) is 0 Å². The number of nitrogens with one attached hydrogen (secondary N) is 1. The molecule has 0 aromatic rings. The summed E-state index contributed by atoms with van der Waals surface area (Å²) < 4.78 is 5.79. The molecular weight excluding hydrogens is 528 g/mol. The van der Waals surface area contributed by atoms with Crippen molar-refractivity contribution in [2.75, 3.05) is 7.11 Å². The first-order chi connectivity index (χ1) is 20.0. The van der Waals surface area contributed by atoms with Gasteiger partial charge >= 0.3 is 5.97 Å². The zero-order valence-corrected chi connectivity index (χ0v) is 25.3. The van der Waals surface area contributed by atoms with Crippen molar-refractivity contribution in [2.24, 2.45) is 26.8 Å².